The monoisotopic (exact) mass is 985 g/mol. The van der Waals surface area contributed by atoms with Crippen LogP contribution in [-0.4, -0.2) is 13.8 Å². The van der Waals surface area contributed by atoms with Gasteiger partial charge in [-0.25, -0.2) is 0 Å². The molecule has 0 fully saturated rings. The molecule has 380 valence electrons. The fourth-order valence-corrected chi connectivity index (χ4v) is 11.5. The standard InChI is InChI=1S/C71H77BN2O/c1-47-42-52-23-21-48(50-24-41-66(75-14)61(45-50)49-18-16-15-17-19-49)20-22-51-44-60(73(57-32-25-53(26-33-57)68(2,3)4)58-34-27-54(28-35-58)69(5,6)7)38-39-62(51)72-63-46-56(71(11,12)13)31-40-64(63)74(65(43-47)67(52)72)59-36-29-55(30-37-59)70(8,9)10/h15-21,23-27,29-34,36-46H,22,28,35H2,1-14H3/b23-21-,48-20+. The number of fused-ring (bicyclic) bond motifs is 4. The summed E-state index contributed by atoms with van der Waals surface area (Å²) in [5, 5.41) is 0. The Morgan fingerprint density at radius 1 is 0.533 bits per heavy atom. The van der Waals surface area contributed by atoms with Gasteiger partial charge in [-0.05, 0) is 176 Å². The zero-order valence-corrected chi connectivity index (χ0v) is 47.2. The Morgan fingerprint density at radius 3 is 1.81 bits per heavy atom. The molecule has 75 heavy (non-hydrogen) atoms. The van der Waals surface area contributed by atoms with Gasteiger partial charge in [0, 0.05) is 39.7 Å². The van der Waals surface area contributed by atoms with Crippen LogP contribution in [0, 0.1) is 12.3 Å². The van der Waals surface area contributed by atoms with Crippen LogP contribution >= 0.6 is 0 Å². The third-order valence-electron chi connectivity index (χ3n) is 16.0. The first kappa shape index (κ1) is 51.5. The third kappa shape index (κ3) is 10.3. The number of nitrogens with zero attached hydrogens (tertiary/aromatic N) is 2. The Balaban J connectivity index is 1.25. The summed E-state index contributed by atoms with van der Waals surface area (Å²) in [5.41, 5.74) is 25.2. The maximum atomic E-state index is 6.01. The van der Waals surface area contributed by atoms with Gasteiger partial charge in [-0.2, -0.15) is 0 Å². The van der Waals surface area contributed by atoms with Gasteiger partial charge in [0.25, 0.3) is 0 Å². The molecule has 3 nitrogen and oxygen atoms in total. The average molecular weight is 985 g/mol. The van der Waals surface area contributed by atoms with Gasteiger partial charge >= 0.3 is 0 Å². The molecule has 0 bridgehead atoms. The summed E-state index contributed by atoms with van der Waals surface area (Å²) in [7, 11) is 1.77. The average Bonchev–Trinajstić information content (AvgIpc) is 3.38. The molecule has 0 saturated heterocycles. The number of anilines is 5. The van der Waals surface area contributed by atoms with Gasteiger partial charge in [0.05, 0.1) is 7.11 Å². The van der Waals surface area contributed by atoms with Crippen molar-refractivity contribution in [3.8, 4) is 16.9 Å². The van der Waals surface area contributed by atoms with Gasteiger partial charge < -0.3 is 14.5 Å². The Labute approximate surface area is 450 Å². The largest absolute Gasteiger partial charge is 0.496 e. The molecule has 0 atom stereocenters. The summed E-state index contributed by atoms with van der Waals surface area (Å²) in [4.78, 5) is 5.09. The van der Waals surface area contributed by atoms with E-state index in [2.05, 4.69) is 276 Å². The second kappa shape index (κ2) is 19.6. The molecule has 7 aromatic carbocycles. The molecule has 0 saturated carbocycles. The fraction of sp³-hybridized carbons (Fsp3) is 0.296. The molecular formula is C71H77BN2O. The lowest BCUT2D eigenvalue weighted by Gasteiger charge is -2.40. The third-order valence-corrected chi connectivity index (χ3v) is 16.0. The van der Waals surface area contributed by atoms with Crippen molar-refractivity contribution in [1.82, 2.24) is 0 Å². The zero-order chi connectivity index (χ0) is 53.2. The molecule has 2 heterocycles. The van der Waals surface area contributed by atoms with Crippen LogP contribution in [0.3, 0.4) is 0 Å². The SMILES string of the molecule is COc1ccc(C2=C/Cc3cc(N(C4=CC=C(C(C)(C)C)CC4)c4ccc(C(C)(C)C)cc4)ccc3B3c4cc(C(C)(C)C)ccc4N(c4ccc(C(C)(C)C)cc4)c4cc(C)cc(c43)/C=C\2)cc1-c1ccccc1. The minimum atomic E-state index is -0.0557. The van der Waals surface area contributed by atoms with Gasteiger partial charge in [0.2, 0.25) is 6.71 Å². The molecule has 10 rings (SSSR count). The molecule has 0 amide bonds. The molecule has 0 spiro atoms. The summed E-state index contributed by atoms with van der Waals surface area (Å²) in [6, 6.07) is 55.6. The highest BCUT2D eigenvalue weighted by Crippen LogP contribution is 2.43. The number of hydrogen-bond donors (Lipinski definition) is 0. The molecule has 0 unspecified atom stereocenters. The van der Waals surface area contributed by atoms with Crippen molar-refractivity contribution in [3.05, 3.63) is 220 Å². The van der Waals surface area contributed by atoms with Crippen molar-refractivity contribution in [2.75, 3.05) is 16.9 Å². The van der Waals surface area contributed by atoms with Crippen LogP contribution in [0.1, 0.15) is 135 Å². The first-order valence-corrected chi connectivity index (χ1v) is 27.3. The van der Waals surface area contributed by atoms with E-state index in [1.807, 2.05) is 0 Å². The topological polar surface area (TPSA) is 15.7 Å². The van der Waals surface area contributed by atoms with Crippen LogP contribution in [-0.2, 0) is 22.7 Å². The Morgan fingerprint density at radius 2 is 1.19 bits per heavy atom. The Bertz CT molecular complexity index is 3410. The first-order chi connectivity index (χ1) is 35.6. The second-order valence-corrected chi connectivity index (χ2v) is 25.5. The molecule has 0 N–H and O–H groups in total. The number of aryl methyl sites for hydroxylation is 1. The minimum absolute atomic E-state index is 0.0375. The summed E-state index contributed by atoms with van der Waals surface area (Å²) in [6.45, 7) is 30.1. The van der Waals surface area contributed by atoms with E-state index in [0.717, 1.165) is 41.7 Å². The number of rotatable bonds is 7. The highest BCUT2D eigenvalue weighted by Gasteiger charge is 2.39. The van der Waals surface area contributed by atoms with E-state index in [1.165, 1.54) is 95.0 Å². The Hall–Kier alpha value is -7.04. The molecule has 3 aliphatic rings. The predicted octanol–water partition coefficient (Wildman–Crippen LogP) is 17.3. The van der Waals surface area contributed by atoms with E-state index in [9.17, 15) is 0 Å². The van der Waals surface area contributed by atoms with E-state index >= 15 is 0 Å². The molecule has 7 aromatic rings. The molecule has 1 aliphatic carbocycles. The van der Waals surface area contributed by atoms with Crippen LogP contribution in [0.25, 0.3) is 22.8 Å². The lowest BCUT2D eigenvalue weighted by atomic mass is 9.33. The maximum Gasteiger partial charge on any atom is 0.247 e. The lowest BCUT2D eigenvalue weighted by Crippen LogP contribution is -2.59. The van der Waals surface area contributed by atoms with Crippen molar-refractivity contribution in [3.63, 3.8) is 0 Å². The van der Waals surface area contributed by atoms with E-state index in [0.29, 0.717) is 0 Å². The number of ether oxygens (including phenoxy) is 1. The number of hydrogen-bond acceptors (Lipinski definition) is 3. The van der Waals surface area contributed by atoms with Crippen LogP contribution in [0.5, 0.6) is 5.75 Å². The van der Waals surface area contributed by atoms with Crippen molar-refractivity contribution >= 4 is 63.2 Å². The van der Waals surface area contributed by atoms with Gasteiger partial charge in [0.1, 0.15) is 5.75 Å². The quantitative estimate of drug-likeness (QED) is 0.148. The highest BCUT2D eigenvalue weighted by molar-refractivity contribution is 6.98. The molecule has 2 aliphatic heterocycles. The van der Waals surface area contributed by atoms with Crippen molar-refractivity contribution in [2.45, 2.75) is 126 Å². The van der Waals surface area contributed by atoms with Gasteiger partial charge in [-0.3, -0.25) is 0 Å². The van der Waals surface area contributed by atoms with E-state index in [1.54, 1.807) is 7.11 Å². The van der Waals surface area contributed by atoms with Gasteiger partial charge in [-0.15, -0.1) is 0 Å². The van der Waals surface area contributed by atoms with E-state index < -0.39 is 0 Å². The second-order valence-electron chi connectivity index (χ2n) is 25.5. The maximum absolute atomic E-state index is 6.01. The van der Waals surface area contributed by atoms with Crippen LogP contribution in [0.15, 0.2) is 181 Å². The molecule has 4 heteroatoms. The summed E-state index contributed by atoms with van der Waals surface area (Å²) < 4.78 is 6.01. The van der Waals surface area contributed by atoms with E-state index in [-0.39, 0.29) is 28.4 Å². The molecule has 0 aromatic heterocycles. The van der Waals surface area contributed by atoms with Crippen LogP contribution < -0.4 is 30.9 Å². The number of benzene rings is 7. The van der Waals surface area contributed by atoms with Gasteiger partial charge in [0.15, 0.2) is 0 Å². The lowest BCUT2D eigenvalue weighted by molar-refractivity contribution is 0.416. The normalized spacial score (nSPS) is 15.9. The summed E-state index contributed by atoms with van der Waals surface area (Å²) >= 11 is 0. The molecule has 0 radical (unpaired) electrons. The van der Waals surface area contributed by atoms with Crippen molar-refractivity contribution in [2.24, 2.45) is 5.41 Å². The summed E-state index contributed by atoms with van der Waals surface area (Å²) in [6.07, 6.45) is 14.8. The number of methoxy groups -OCH3 is 1. The predicted molar refractivity (Wildman–Crippen MR) is 326 cm³/mol. The highest BCUT2D eigenvalue weighted by atomic mass is 16.5. The fourth-order valence-electron chi connectivity index (χ4n) is 11.5. The van der Waals surface area contributed by atoms with Crippen molar-refractivity contribution in [1.29, 1.82) is 0 Å². The first-order valence-electron chi connectivity index (χ1n) is 27.3. The van der Waals surface area contributed by atoms with Crippen LogP contribution in [0.4, 0.5) is 28.4 Å². The smallest absolute Gasteiger partial charge is 0.247 e. The number of allylic oxidation sites excluding steroid dienone is 7. The van der Waals surface area contributed by atoms with Crippen LogP contribution in [0.2, 0.25) is 0 Å². The van der Waals surface area contributed by atoms with E-state index in [4.69, 9.17) is 4.74 Å². The zero-order valence-electron chi connectivity index (χ0n) is 47.2. The minimum Gasteiger partial charge on any atom is -0.496 e. The van der Waals surface area contributed by atoms with Gasteiger partial charge in [-0.1, -0.05) is 203 Å². The summed E-state index contributed by atoms with van der Waals surface area (Å²) in [5.74, 6) is 0.862. The Kier molecular flexibility index (Phi) is 13.4. The van der Waals surface area contributed by atoms with Crippen molar-refractivity contribution < 1.29 is 4.74 Å². The molecular weight excluding hydrogens is 908 g/mol.